The first-order chi connectivity index (χ1) is 17.5. The zero-order valence-electron chi connectivity index (χ0n) is 20.6. The number of primary amides is 1. The number of hydrogen-bond acceptors (Lipinski definition) is 5. The van der Waals surface area contributed by atoms with Gasteiger partial charge in [-0.1, -0.05) is 54.6 Å². The Morgan fingerprint density at radius 1 is 1.08 bits per heavy atom. The largest absolute Gasteiger partial charge is 0.472 e. The Labute approximate surface area is 215 Å². The number of rotatable bonds is 8. The average molecular weight is 525 g/mol. The molecule has 0 saturated carbocycles. The van der Waals surface area contributed by atoms with Crippen LogP contribution in [0.15, 0.2) is 77.2 Å². The van der Waals surface area contributed by atoms with E-state index in [0.29, 0.717) is 16.7 Å². The SMILES string of the molecule is CC1(C)OC(C[C@@H](CCO)c2ccccc2F)=NS(=O)(=O)[C@@H]1c1ccc(-c2cccc(C(N)=O)c2)cc1. The number of hydrogen-bond donors (Lipinski definition) is 2. The first-order valence-electron chi connectivity index (χ1n) is 11.9. The molecule has 1 aliphatic rings. The predicted molar refractivity (Wildman–Crippen MR) is 140 cm³/mol. The van der Waals surface area contributed by atoms with Crippen molar-refractivity contribution in [2.45, 2.75) is 43.5 Å². The lowest BCUT2D eigenvalue weighted by Crippen LogP contribution is -2.43. The minimum absolute atomic E-state index is 0.0113. The minimum Gasteiger partial charge on any atom is -0.472 e. The highest BCUT2D eigenvalue weighted by atomic mass is 32.2. The van der Waals surface area contributed by atoms with Crippen molar-refractivity contribution in [3.8, 4) is 11.1 Å². The molecular formula is C28H29FN2O5S. The van der Waals surface area contributed by atoms with E-state index in [1.807, 2.05) is 6.07 Å². The van der Waals surface area contributed by atoms with Crippen LogP contribution in [0.25, 0.3) is 11.1 Å². The van der Waals surface area contributed by atoms with E-state index >= 15 is 0 Å². The van der Waals surface area contributed by atoms with Gasteiger partial charge in [0.15, 0.2) is 0 Å². The number of carbonyl (C=O) groups excluding carboxylic acids is 1. The second-order valence-corrected chi connectivity index (χ2v) is 11.3. The summed E-state index contributed by atoms with van der Waals surface area (Å²) in [7, 11) is -4.04. The Kier molecular flexibility index (Phi) is 7.47. The highest BCUT2D eigenvalue weighted by molar-refractivity contribution is 7.90. The normalized spacial score (nSPS) is 18.9. The lowest BCUT2D eigenvalue weighted by molar-refractivity contribution is 0.0797. The molecule has 0 bridgehead atoms. The molecule has 0 radical (unpaired) electrons. The topological polar surface area (TPSA) is 119 Å². The molecular weight excluding hydrogens is 495 g/mol. The van der Waals surface area contributed by atoms with Gasteiger partial charge in [0.25, 0.3) is 10.0 Å². The summed E-state index contributed by atoms with van der Waals surface area (Å²) in [6.07, 6.45) is 0.262. The summed E-state index contributed by atoms with van der Waals surface area (Å²) in [5.74, 6) is -1.47. The van der Waals surface area contributed by atoms with E-state index in [-0.39, 0.29) is 25.3 Å². The van der Waals surface area contributed by atoms with Gasteiger partial charge in [0.05, 0.1) is 0 Å². The molecule has 1 heterocycles. The van der Waals surface area contributed by atoms with Crippen molar-refractivity contribution < 1.29 is 27.4 Å². The number of nitrogens with zero attached hydrogens (tertiary/aromatic N) is 1. The minimum atomic E-state index is -4.04. The summed E-state index contributed by atoms with van der Waals surface area (Å²) in [5.41, 5.74) is 7.03. The van der Waals surface area contributed by atoms with Crippen molar-refractivity contribution >= 4 is 21.8 Å². The van der Waals surface area contributed by atoms with Gasteiger partial charge in [-0.05, 0) is 66.6 Å². The molecule has 0 spiro atoms. The Morgan fingerprint density at radius 2 is 1.78 bits per heavy atom. The Morgan fingerprint density at radius 3 is 2.41 bits per heavy atom. The molecule has 1 aliphatic heterocycles. The van der Waals surface area contributed by atoms with Crippen LogP contribution in [0, 0.1) is 5.82 Å². The fraction of sp³-hybridized carbons (Fsp3) is 0.286. The second kappa shape index (κ2) is 10.4. The zero-order chi connectivity index (χ0) is 26.8. The van der Waals surface area contributed by atoms with E-state index < -0.39 is 38.5 Å². The number of ether oxygens (including phenoxy) is 1. The van der Waals surface area contributed by atoms with Gasteiger partial charge in [0.1, 0.15) is 16.7 Å². The molecule has 194 valence electrons. The van der Waals surface area contributed by atoms with Crippen LogP contribution in [0.1, 0.15) is 59.3 Å². The fourth-order valence-electron chi connectivity index (χ4n) is 4.82. The number of benzene rings is 3. The standard InChI is InChI=1S/C28H29FN2O5S/c1-28(2)26(19-12-10-18(11-13-19)20-6-5-7-22(16-20)27(30)33)37(34,35)31-25(36-28)17-21(14-15-32)23-8-3-4-9-24(23)29/h3-13,16,21,26,32H,14-15,17H2,1-2H3,(H2,30,33)/t21-,26-/m1/s1. The van der Waals surface area contributed by atoms with E-state index in [2.05, 4.69) is 4.40 Å². The maximum atomic E-state index is 14.4. The van der Waals surface area contributed by atoms with Crippen LogP contribution in [0.2, 0.25) is 0 Å². The summed E-state index contributed by atoms with van der Waals surface area (Å²) in [5, 5.41) is 8.45. The van der Waals surface area contributed by atoms with Gasteiger partial charge in [-0.25, -0.2) is 12.8 Å². The first kappa shape index (κ1) is 26.5. The summed E-state index contributed by atoms with van der Waals surface area (Å²) in [6, 6.07) is 20.0. The third kappa shape index (κ3) is 5.73. The highest BCUT2D eigenvalue weighted by Gasteiger charge is 2.47. The van der Waals surface area contributed by atoms with E-state index in [9.17, 15) is 22.7 Å². The number of sulfonamides is 1. The molecule has 2 atom stereocenters. The molecule has 0 aromatic heterocycles. The Balaban J connectivity index is 1.63. The summed E-state index contributed by atoms with van der Waals surface area (Å²) >= 11 is 0. The van der Waals surface area contributed by atoms with Gasteiger partial charge in [0, 0.05) is 18.6 Å². The van der Waals surface area contributed by atoms with Gasteiger partial charge < -0.3 is 15.6 Å². The molecule has 3 N–H and O–H groups in total. The van der Waals surface area contributed by atoms with Gasteiger partial charge >= 0.3 is 0 Å². The highest BCUT2D eigenvalue weighted by Crippen LogP contribution is 2.42. The van der Waals surface area contributed by atoms with Crippen molar-refractivity contribution in [1.29, 1.82) is 0 Å². The van der Waals surface area contributed by atoms with E-state index in [1.54, 1.807) is 74.5 Å². The van der Waals surface area contributed by atoms with Gasteiger partial charge in [-0.3, -0.25) is 4.79 Å². The molecule has 0 aliphatic carbocycles. The first-order valence-corrected chi connectivity index (χ1v) is 13.4. The third-order valence-corrected chi connectivity index (χ3v) is 8.37. The predicted octanol–water partition coefficient (Wildman–Crippen LogP) is 4.73. The van der Waals surface area contributed by atoms with E-state index in [1.165, 1.54) is 6.07 Å². The summed E-state index contributed by atoms with van der Waals surface area (Å²) < 4.78 is 51.2. The summed E-state index contributed by atoms with van der Waals surface area (Å²) in [4.78, 5) is 11.5. The van der Waals surface area contributed by atoms with Gasteiger partial charge in [0.2, 0.25) is 11.8 Å². The summed E-state index contributed by atoms with van der Waals surface area (Å²) in [6.45, 7) is 3.16. The molecule has 1 amide bonds. The molecule has 7 nitrogen and oxygen atoms in total. The van der Waals surface area contributed by atoms with Crippen LogP contribution in [-0.2, 0) is 14.8 Å². The molecule has 0 saturated heterocycles. The maximum absolute atomic E-state index is 14.4. The van der Waals surface area contributed by atoms with Crippen molar-refractivity contribution in [2.24, 2.45) is 10.1 Å². The number of aliphatic hydroxyl groups is 1. The molecule has 3 aromatic carbocycles. The average Bonchev–Trinajstić information content (AvgIpc) is 2.83. The molecule has 4 rings (SSSR count). The lowest BCUT2D eigenvalue weighted by Gasteiger charge is -2.38. The van der Waals surface area contributed by atoms with E-state index in [4.69, 9.17) is 10.5 Å². The van der Waals surface area contributed by atoms with Crippen LogP contribution in [0.4, 0.5) is 4.39 Å². The molecule has 0 fully saturated rings. The maximum Gasteiger partial charge on any atom is 0.267 e. The number of carbonyl (C=O) groups is 1. The van der Waals surface area contributed by atoms with Crippen molar-refractivity contribution in [3.05, 3.63) is 95.3 Å². The van der Waals surface area contributed by atoms with E-state index in [0.717, 1.165) is 11.1 Å². The van der Waals surface area contributed by atoms with Crippen molar-refractivity contribution in [2.75, 3.05) is 6.61 Å². The third-order valence-electron chi connectivity index (χ3n) is 6.48. The van der Waals surface area contributed by atoms with Gasteiger partial charge in [-0.15, -0.1) is 4.40 Å². The van der Waals surface area contributed by atoms with Crippen molar-refractivity contribution in [1.82, 2.24) is 0 Å². The van der Waals surface area contributed by atoms with Crippen LogP contribution >= 0.6 is 0 Å². The van der Waals surface area contributed by atoms with Crippen LogP contribution in [0.5, 0.6) is 0 Å². The zero-order valence-corrected chi connectivity index (χ0v) is 21.4. The molecule has 0 unspecified atom stereocenters. The Hall–Kier alpha value is -3.56. The second-order valence-electron chi connectivity index (χ2n) is 9.59. The Bertz CT molecular complexity index is 1430. The quantitative estimate of drug-likeness (QED) is 0.442. The molecule has 9 heteroatoms. The number of aliphatic hydroxyl groups excluding tert-OH is 1. The molecule has 37 heavy (non-hydrogen) atoms. The van der Waals surface area contributed by atoms with Gasteiger partial charge in [-0.2, -0.15) is 0 Å². The monoisotopic (exact) mass is 524 g/mol. The lowest BCUT2D eigenvalue weighted by atomic mass is 9.91. The van der Waals surface area contributed by atoms with Crippen LogP contribution in [0.3, 0.4) is 0 Å². The number of nitrogens with two attached hydrogens (primary N) is 1. The number of amides is 1. The molecule has 3 aromatic rings. The van der Waals surface area contributed by atoms with Crippen LogP contribution in [-0.4, -0.2) is 37.5 Å². The van der Waals surface area contributed by atoms with Crippen molar-refractivity contribution in [3.63, 3.8) is 0 Å². The fourth-order valence-corrected chi connectivity index (χ4v) is 6.59. The number of halogens is 1. The van der Waals surface area contributed by atoms with Crippen LogP contribution < -0.4 is 5.73 Å². The smallest absolute Gasteiger partial charge is 0.267 e.